The van der Waals surface area contributed by atoms with Crippen molar-refractivity contribution in [3.63, 3.8) is 0 Å². The summed E-state index contributed by atoms with van der Waals surface area (Å²) in [5.41, 5.74) is 8.08. The zero-order chi connectivity index (χ0) is 26.0. The van der Waals surface area contributed by atoms with Crippen molar-refractivity contribution in [2.24, 2.45) is 5.73 Å². The van der Waals surface area contributed by atoms with Crippen LogP contribution >= 0.6 is 0 Å². The first-order chi connectivity index (χ1) is 16.4. The molecule has 1 atom stereocenters. The first kappa shape index (κ1) is 27.4. The molecule has 0 heterocycles. The first-order valence-corrected chi connectivity index (χ1v) is 11.3. The normalized spacial score (nSPS) is 11.8. The second-order valence-corrected chi connectivity index (χ2v) is 9.23. The SMILES string of the molecule is Cc1ccc(CNC(=O)Cc2ccc(COC(=O)[C@H](CC(N)=O)NC(=O)OC(C)(C)C)cc2)cc1. The van der Waals surface area contributed by atoms with E-state index in [9.17, 15) is 19.2 Å². The molecule has 9 heteroatoms. The number of aryl methyl sites for hydroxylation is 1. The minimum atomic E-state index is -1.26. The van der Waals surface area contributed by atoms with Gasteiger partial charge in [0.1, 0.15) is 18.2 Å². The second kappa shape index (κ2) is 12.5. The number of ether oxygens (including phenoxy) is 2. The van der Waals surface area contributed by atoms with Gasteiger partial charge in [-0.15, -0.1) is 0 Å². The summed E-state index contributed by atoms with van der Waals surface area (Å²) in [4.78, 5) is 47.9. The van der Waals surface area contributed by atoms with E-state index in [4.69, 9.17) is 15.2 Å². The summed E-state index contributed by atoms with van der Waals surface area (Å²) in [5.74, 6) is -1.69. The Morgan fingerprint density at radius 1 is 0.914 bits per heavy atom. The number of amides is 3. The first-order valence-electron chi connectivity index (χ1n) is 11.3. The smallest absolute Gasteiger partial charge is 0.408 e. The molecule has 3 amide bonds. The van der Waals surface area contributed by atoms with Gasteiger partial charge in [-0.3, -0.25) is 9.59 Å². The Hall–Kier alpha value is -3.88. The minimum Gasteiger partial charge on any atom is -0.459 e. The monoisotopic (exact) mass is 483 g/mol. The summed E-state index contributed by atoms with van der Waals surface area (Å²) in [5, 5.41) is 5.21. The number of nitrogens with two attached hydrogens (primary N) is 1. The molecule has 9 nitrogen and oxygen atoms in total. The van der Waals surface area contributed by atoms with Crippen LogP contribution < -0.4 is 16.4 Å². The van der Waals surface area contributed by atoms with Crippen LogP contribution in [0.2, 0.25) is 0 Å². The molecule has 0 spiro atoms. The van der Waals surface area contributed by atoms with Crippen LogP contribution in [0.15, 0.2) is 48.5 Å². The number of carbonyl (C=O) groups is 4. The van der Waals surface area contributed by atoms with Crippen LogP contribution in [0.3, 0.4) is 0 Å². The Bertz CT molecular complexity index is 1030. The number of hydrogen-bond acceptors (Lipinski definition) is 6. The van der Waals surface area contributed by atoms with Crippen molar-refractivity contribution in [3.05, 3.63) is 70.8 Å². The molecular formula is C26H33N3O6. The molecule has 0 bridgehead atoms. The van der Waals surface area contributed by atoms with Crippen molar-refractivity contribution in [1.82, 2.24) is 10.6 Å². The molecule has 0 fully saturated rings. The summed E-state index contributed by atoms with van der Waals surface area (Å²) in [7, 11) is 0. The van der Waals surface area contributed by atoms with Gasteiger partial charge in [0.05, 0.1) is 12.8 Å². The van der Waals surface area contributed by atoms with Crippen LogP contribution in [-0.4, -0.2) is 35.5 Å². The van der Waals surface area contributed by atoms with Gasteiger partial charge in [-0.1, -0.05) is 54.1 Å². The number of alkyl carbamates (subject to hydrolysis) is 1. The van der Waals surface area contributed by atoms with Gasteiger partial charge in [0.25, 0.3) is 0 Å². The molecule has 0 aliphatic carbocycles. The lowest BCUT2D eigenvalue weighted by molar-refractivity contribution is -0.148. The average molecular weight is 484 g/mol. The number of rotatable bonds is 10. The third-order valence-corrected chi connectivity index (χ3v) is 4.76. The highest BCUT2D eigenvalue weighted by molar-refractivity contribution is 5.87. The molecule has 0 aromatic heterocycles. The van der Waals surface area contributed by atoms with Crippen LogP contribution in [0, 0.1) is 6.92 Å². The molecule has 0 saturated carbocycles. The number of esters is 1. The zero-order valence-corrected chi connectivity index (χ0v) is 20.6. The number of carbonyl (C=O) groups excluding carboxylic acids is 4. The summed E-state index contributed by atoms with van der Waals surface area (Å²) in [6, 6.07) is 13.7. The Morgan fingerprint density at radius 2 is 1.49 bits per heavy atom. The number of benzene rings is 2. The van der Waals surface area contributed by atoms with Gasteiger partial charge in [-0.05, 0) is 44.4 Å². The lowest BCUT2D eigenvalue weighted by Gasteiger charge is -2.22. The van der Waals surface area contributed by atoms with E-state index < -0.39 is 36.0 Å². The topological polar surface area (TPSA) is 137 Å². The maximum atomic E-state index is 12.4. The maximum absolute atomic E-state index is 12.4. The molecule has 2 aromatic carbocycles. The van der Waals surface area contributed by atoms with Crippen molar-refractivity contribution in [2.45, 2.75) is 65.3 Å². The van der Waals surface area contributed by atoms with E-state index in [0.29, 0.717) is 12.1 Å². The second-order valence-electron chi connectivity index (χ2n) is 9.23. The fraction of sp³-hybridized carbons (Fsp3) is 0.385. The van der Waals surface area contributed by atoms with Gasteiger partial charge < -0.3 is 25.8 Å². The molecular weight excluding hydrogens is 450 g/mol. The average Bonchev–Trinajstić information content (AvgIpc) is 2.76. The largest absolute Gasteiger partial charge is 0.459 e. The van der Waals surface area contributed by atoms with Gasteiger partial charge >= 0.3 is 12.1 Å². The quantitative estimate of drug-likeness (QED) is 0.445. The third-order valence-electron chi connectivity index (χ3n) is 4.76. The lowest BCUT2D eigenvalue weighted by atomic mass is 10.1. The Kier molecular flexibility index (Phi) is 9.81. The predicted molar refractivity (Wildman–Crippen MR) is 130 cm³/mol. The van der Waals surface area contributed by atoms with Crippen LogP contribution in [-0.2, 0) is 43.4 Å². The zero-order valence-electron chi connectivity index (χ0n) is 20.6. The number of nitrogens with one attached hydrogen (secondary N) is 2. The number of primary amides is 1. The molecule has 2 aromatic rings. The molecule has 0 unspecified atom stereocenters. The van der Waals surface area contributed by atoms with Crippen molar-refractivity contribution in [1.29, 1.82) is 0 Å². The summed E-state index contributed by atoms with van der Waals surface area (Å²) < 4.78 is 10.4. The maximum Gasteiger partial charge on any atom is 0.408 e. The van der Waals surface area contributed by atoms with Crippen LogP contribution in [0.1, 0.15) is 49.4 Å². The Labute approximate surface area is 205 Å². The highest BCUT2D eigenvalue weighted by Crippen LogP contribution is 2.10. The molecule has 188 valence electrons. The van der Waals surface area contributed by atoms with Crippen molar-refractivity contribution < 1.29 is 28.7 Å². The Morgan fingerprint density at radius 3 is 2.06 bits per heavy atom. The van der Waals surface area contributed by atoms with Gasteiger partial charge in [0, 0.05) is 6.54 Å². The van der Waals surface area contributed by atoms with E-state index >= 15 is 0 Å². The van der Waals surface area contributed by atoms with Crippen LogP contribution in [0.25, 0.3) is 0 Å². The van der Waals surface area contributed by atoms with E-state index in [2.05, 4.69) is 10.6 Å². The molecule has 0 saturated heterocycles. The van der Waals surface area contributed by atoms with Gasteiger partial charge in [0.2, 0.25) is 11.8 Å². The molecule has 0 radical (unpaired) electrons. The van der Waals surface area contributed by atoms with Crippen molar-refractivity contribution in [2.75, 3.05) is 0 Å². The molecule has 0 aliphatic heterocycles. The van der Waals surface area contributed by atoms with E-state index in [1.807, 2.05) is 31.2 Å². The summed E-state index contributed by atoms with van der Waals surface area (Å²) >= 11 is 0. The Balaban J connectivity index is 1.84. The highest BCUT2D eigenvalue weighted by atomic mass is 16.6. The minimum absolute atomic E-state index is 0.0794. The summed E-state index contributed by atoms with van der Waals surface area (Å²) in [6.07, 6.45) is -1.06. The highest BCUT2D eigenvalue weighted by Gasteiger charge is 2.27. The van der Waals surface area contributed by atoms with Gasteiger partial charge in [-0.2, -0.15) is 0 Å². The standard InChI is InChI=1S/C26H33N3O6/c1-17-5-7-19(8-6-17)15-28-23(31)13-18-9-11-20(12-10-18)16-34-24(32)21(14-22(27)30)29-25(33)35-26(2,3)4/h5-12,21H,13-16H2,1-4H3,(H2,27,30)(H,28,31)(H,29,33)/t21-/m0/s1. The fourth-order valence-electron chi connectivity index (χ4n) is 3.01. The van der Waals surface area contributed by atoms with Crippen LogP contribution in [0.4, 0.5) is 4.79 Å². The van der Waals surface area contributed by atoms with E-state index in [-0.39, 0.29) is 18.9 Å². The van der Waals surface area contributed by atoms with Gasteiger partial charge in [0.15, 0.2) is 0 Å². The molecule has 35 heavy (non-hydrogen) atoms. The van der Waals surface area contributed by atoms with E-state index in [1.165, 1.54) is 0 Å². The lowest BCUT2D eigenvalue weighted by Crippen LogP contribution is -2.46. The van der Waals surface area contributed by atoms with Crippen molar-refractivity contribution >= 4 is 23.9 Å². The number of hydrogen-bond donors (Lipinski definition) is 3. The fourth-order valence-corrected chi connectivity index (χ4v) is 3.01. The molecule has 0 aliphatic rings. The van der Waals surface area contributed by atoms with Crippen molar-refractivity contribution in [3.8, 4) is 0 Å². The van der Waals surface area contributed by atoms with Gasteiger partial charge in [-0.25, -0.2) is 9.59 Å². The van der Waals surface area contributed by atoms with Crippen LogP contribution in [0.5, 0.6) is 0 Å². The molecule has 2 rings (SSSR count). The third kappa shape index (κ3) is 10.7. The van der Waals surface area contributed by atoms with E-state index in [1.54, 1.807) is 45.0 Å². The summed E-state index contributed by atoms with van der Waals surface area (Å²) in [6.45, 7) is 7.40. The predicted octanol–water partition coefficient (Wildman–Crippen LogP) is 2.67. The van der Waals surface area contributed by atoms with E-state index in [0.717, 1.165) is 16.7 Å². The molecule has 4 N–H and O–H groups in total.